The van der Waals surface area contributed by atoms with Crippen LogP contribution in [0.4, 0.5) is 0 Å². The number of hydrogen-bond donors (Lipinski definition) is 2. The maximum atomic E-state index is 12.5. The number of thiocarbonyl (C=S) groups is 1. The van der Waals surface area contributed by atoms with Gasteiger partial charge >= 0.3 is 0 Å². The number of hydrazine groups is 1. The highest BCUT2D eigenvalue weighted by molar-refractivity contribution is 8.26. The van der Waals surface area contributed by atoms with Gasteiger partial charge in [0, 0.05) is 10.6 Å². The van der Waals surface area contributed by atoms with Crippen LogP contribution in [0.25, 0.3) is 6.08 Å². The zero-order valence-electron chi connectivity index (χ0n) is 12.6. The zero-order chi connectivity index (χ0) is 18.0. The fourth-order valence-corrected chi connectivity index (χ4v) is 3.39. The summed E-state index contributed by atoms with van der Waals surface area (Å²) in [6.07, 6.45) is 1.68. The van der Waals surface area contributed by atoms with Gasteiger partial charge in [0.15, 0.2) is 4.32 Å². The van der Waals surface area contributed by atoms with Crippen LogP contribution >= 0.6 is 35.6 Å². The monoisotopic (exact) mass is 390 g/mol. The Bertz CT molecular complexity index is 897. The maximum absolute atomic E-state index is 12.5. The van der Waals surface area contributed by atoms with E-state index in [1.807, 2.05) is 0 Å². The summed E-state index contributed by atoms with van der Waals surface area (Å²) in [7, 11) is 0. The molecule has 2 aromatic rings. The summed E-state index contributed by atoms with van der Waals surface area (Å²) >= 11 is 12.1. The number of carbonyl (C=O) groups is 2. The van der Waals surface area contributed by atoms with E-state index in [1.54, 1.807) is 30.3 Å². The van der Waals surface area contributed by atoms with Crippen molar-refractivity contribution < 1.29 is 14.7 Å². The molecular weight excluding hydrogens is 380 g/mol. The number of hydrogen-bond acceptors (Lipinski definition) is 5. The van der Waals surface area contributed by atoms with Crippen molar-refractivity contribution in [2.75, 3.05) is 0 Å². The van der Waals surface area contributed by atoms with E-state index in [4.69, 9.17) is 23.8 Å². The first-order chi connectivity index (χ1) is 11.9. The smallest absolute Gasteiger partial charge is 0.285 e. The molecule has 0 saturated carbocycles. The lowest BCUT2D eigenvalue weighted by Crippen LogP contribution is -2.44. The molecule has 1 heterocycles. The lowest BCUT2D eigenvalue weighted by atomic mass is 10.2. The Kier molecular flexibility index (Phi) is 5.08. The molecule has 126 valence electrons. The van der Waals surface area contributed by atoms with Crippen molar-refractivity contribution in [3.05, 3.63) is 69.6 Å². The molecule has 3 rings (SSSR count). The van der Waals surface area contributed by atoms with Crippen LogP contribution < -0.4 is 5.43 Å². The van der Waals surface area contributed by atoms with Crippen molar-refractivity contribution >= 4 is 57.8 Å². The minimum atomic E-state index is -0.542. The normalized spacial score (nSPS) is 15.7. The van der Waals surface area contributed by atoms with Gasteiger partial charge in [-0.05, 0) is 54.2 Å². The van der Waals surface area contributed by atoms with Crippen molar-refractivity contribution in [1.82, 2.24) is 10.4 Å². The highest BCUT2D eigenvalue weighted by atomic mass is 35.5. The van der Waals surface area contributed by atoms with E-state index in [1.165, 1.54) is 24.3 Å². The van der Waals surface area contributed by atoms with Gasteiger partial charge in [-0.15, -0.1) is 0 Å². The summed E-state index contributed by atoms with van der Waals surface area (Å²) in [5, 5.41) is 11.1. The van der Waals surface area contributed by atoms with Crippen LogP contribution in [0, 0.1) is 0 Å². The molecule has 8 heteroatoms. The minimum absolute atomic E-state index is 0.0410. The second-order valence-corrected chi connectivity index (χ2v) is 7.17. The second kappa shape index (κ2) is 7.26. The van der Waals surface area contributed by atoms with Crippen LogP contribution in [0.5, 0.6) is 5.75 Å². The second-order valence-electron chi connectivity index (χ2n) is 5.06. The summed E-state index contributed by atoms with van der Waals surface area (Å²) in [5.74, 6) is -1.00. The maximum Gasteiger partial charge on any atom is 0.285 e. The molecule has 0 aromatic heterocycles. The Morgan fingerprint density at radius 3 is 2.64 bits per heavy atom. The fourth-order valence-electron chi connectivity index (χ4n) is 2.09. The number of rotatable bonds is 3. The number of nitrogens with one attached hydrogen (secondary N) is 1. The molecule has 0 spiro atoms. The molecule has 0 bridgehead atoms. The predicted molar refractivity (Wildman–Crippen MR) is 102 cm³/mol. The Labute approximate surface area is 158 Å². The molecule has 0 aliphatic carbocycles. The molecule has 2 aromatic carbocycles. The van der Waals surface area contributed by atoms with Gasteiger partial charge in [-0.1, -0.05) is 41.6 Å². The topological polar surface area (TPSA) is 69.6 Å². The van der Waals surface area contributed by atoms with Crippen LogP contribution in [-0.4, -0.2) is 26.3 Å². The molecule has 1 aliphatic heterocycles. The van der Waals surface area contributed by atoms with E-state index in [2.05, 4.69) is 5.43 Å². The van der Waals surface area contributed by atoms with E-state index in [0.717, 1.165) is 22.3 Å². The van der Waals surface area contributed by atoms with Crippen LogP contribution in [0.1, 0.15) is 15.9 Å². The summed E-state index contributed by atoms with van der Waals surface area (Å²) < 4.78 is 0.221. The lowest BCUT2D eigenvalue weighted by molar-refractivity contribution is -0.123. The molecule has 0 unspecified atom stereocenters. The third-order valence-electron chi connectivity index (χ3n) is 3.28. The van der Waals surface area contributed by atoms with Gasteiger partial charge in [0.25, 0.3) is 11.8 Å². The third kappa shape index (κ3) is 4.01. The van der Waals surface area contributed by atoms with Crippen LogP contribution in [-0.2, 0) is 4.79 Å². The summed E-state index contributed by atoms with van der Waals surface area (Å²) in [6, 6.07) is 12.8. The lowest BCUT2D eigenvalue weighted by Gasteiger charge is -2.15. The number of carbonyl (C=O) groups excluding carboxylic acids is 2. The number of phenolic OH excluding ortho intramolecular Hbond substituents is 1. The van der Waals surface area contributed by atoms with E-state index in [-0.39, 0.29) is 15.6 Å². The van der Waals surface area contributed by atoms with E-state index < -0.39 is 11.8 Å². The quantitative estimate of drug-likeness (QED) is 0.619. The number of thioether (sulfide) groups is 1. The van der Waals surface area contributed by atoms with Crippen molar-refractivity contribution in [1.29, 1.82) is 0 Å². The Morgan fingerprint density at radius 2 is 1.96 bits per heavy atom. The SMILES string of the molecule is O=C(NN1C(=O)C(=Cc2ccc(Cl)cc2)SC1=S)c1cccc(O)c1. The zero-order valence-corrected chi connectivity index (χ0v) is 15.0. The van der Waals surface area contributed by atoms with Gasteiger partial charge in [0.1, 0.15) is 5.75 Å². The molecule has 1 fully saturated rings. The summed E-state index contributed by atoms with van der Waals surface area (Å²) in [6.45, 7) is 0. The highest BCUT2D eigenvalue weighted by Crippen LogP contribution is 2.31. The molecule has 1 saturated heterocycles. The largest absolute Gasteiger partial charge is 0.508 e. The van der Waals surface area contributed by atoms with Crippen LogP contribution in [0.2, 0.25) is 5.02 Å². The first-order valence-corrected chi connectivity index (χ1v) is 8.68. The molecule has 1 aliphatic rings. The first kappa shape index (κ1) is 17.5. The van der Waals surface area contributed by atoms with Crippen LogP contribution in [0.15, 0.2) is 53.4 Å². The van der Waals surface area contributed by atoms with Gasteiger partial charge in [-0.25, -0.2) is 0 Å². The van der Waals surface area contributed by atoms with Gasteiger partial charge in [0.2, 0.25) is 0 Å². The number of phenols is 1. The number of nitrogens with zero attached hydrogens (tertiary/aromatic N) is 1. The van der Waals surface area contributed by atoms with Crippen molar-refractivity contribution in [3.63, 3.8) is 0 Å². The average molecular weight is 391 g/mol. The van der Waals surface area contributed by atoms with E-state index in [9.17, 15) is 14.7 Å². The van der Waals surface area contributed by atoms with E-state index >= 15 is 0 Å². The van der Waals surface area contributed by atoms with Gasteiger partial charge in [0.05, 0.1) is 4.91 Å². The van der Waals surface area contributed by atoms with Crippen molar-refractivity contribution in [3.8, 4) is 5.75 Å². The molecule has 25 heavy (non-hydrogen) atoms. The number of amides is 2. The van der Waals surface area contributed by atoms with E-state index in [0.29, 0.717) is 9.93 Å². The highest BCUT2D eigenvalue weighted by Gasteiger charge is 2.33. The van der Waals surface area contributed by atoms with Crippen LogP contribution in [0.3, 0.4) is 0 Å². The number of aromatic hydroxyl groups is 1. The fraction of sp³-hybridized carbons (Fsp3) is 0. The molecule has 5 nitrogen and oxygen atoms in total. The molecule has 0 atom stereocenters. The molecular formula is C17H11ClN2O3S2. The average Bonchev–Trinajstić information content (AvgIpc) is 2.84. The van der Waals surface area contributed by atoms with Gasteiger partial charge in [-0.3, -0.25) is 15.0 Å². The van der Waals surface area contributed by atoms with Crippen molar-refractivity contribution in [2.45, 2.75) is 0 Å². The number of halogens is 1. The Morgan fingerprint density at radius 1 is 1.24 bits per heavy atom. The molecule has 0 radical (unpaired) electrons. The predicted octanol–water partition coefficient (Wildman–Crippen LogP) is 3.59. The van der Waals surface area contributed by atoms with Crippen molar-refractivity contribution in [2.24, 2.45) is 0 Å². The molecule has 2 N–H and O–H groups in total. The number of benzene rings is 2. The summed E-state index contributed by atoms with van der Waals surface area (Å²) in [4.78, 5) is 25.1. The Hall–Kier alpha value is -2.35. The van der Waals surface area contributed by atoms with Gasteiger partial charge in [-0.2, -0.15) is 5.01 Å². The first-order valence-electron chi connectivity index (χ1n) is 7.07. The third-order valence-corrected chi connectivity index (χ3v) is 4.84. The Balaban J connectivity index is 1.77. The minimum Gasteiger partial charge on any atom is -0.508 e. The molecule has 2 amide bonds. The van der Waals surface area contributed by atoms with Gasteiger partial charge < -0.3 is 5.11 Å². The summed E-state index contributed by atoms with van der Waals surface area (Å²) in [5.41, 5.74) is 3.47. The standard InChI is InChI=1S/C17H11ClN2O3S2/c18-12-6-4-10(5-7-12)8-14-16(23)20(17(24)25-14)19-15(22)11-2-1-3-13(21)9-11/h1-9,21H,(H,19,22).